The van der Waals surface area contributed by atoms with E-state index in [0.717, 1.165) is 18.7 Å². The second kappa shape index (κ2) is 6.06. The summed E-state index contributed by atoms with van der Waals surface area (Å²) in [4.78, 5) is 2.29. The Morgan fingerprint density at radius 1 is 1.44 bits per heavy atom. The number of nitrogens with zero attached hydrogens (tertiary/aromatic N) is 1. The molecule has 2 unspecified atom stereocenters. The fourth-order valence-electron chi connectivity index (χ4n) is 2.13. The average molecular weight is 224 g/mol. The van der Waals surface area contributed by atoms with Gasteiger partial charge in [0.05, 0.1) is 12.3 Å². The smallest absolute Gasteiger partial charge is 0.122 e. The standard InChI is InChI=1S/C13H24N2O/c1-5-11(14)13(12-7-6-8-16-12)15(4)9-10(2)3/h6-8,10-11,13H,5,9,14H2,1-4H3. The van der Waals surface area contributed by atoms with Crippen LogP contribution in [0.25, 0.3) is 0 Å². The molecule has 2 atom stereocenters. The highest BCUT2D eigenvalue weighted by Gasteiger charge is 2.25. The van der Waals surface area contributed by atoms with Crippen LogP contribution >= 0.6 is 0 Å². The number of hydrogen-bond donors (Lipinski definition) is 1. The molecule has 0 radical (unpaired) electrons. The predicted molar refractivity (Wildman–Crippen MR) is 67.2 cm³/mol. The number of hydrogen-bond acceptors (Lipinski definition) is 3. The molecule has 0 saturated heterocycles. The molecule has 3 heteroatoms. The van der Waals surface area contributed by atoms with Crippen LogP contribution in [0, 0.1) is 5.92 Å². The van der Waals surface area contributed by atoms with Crippen molar-refractivity contribution in [2.75, 3.05) is 13.6 Å². The van der Waals surface area contributed by atoms with Crippen LogP contribution in [0.15, 0.2) is 22.8 Å². The van der Waals surface area contributed by atoms with Gasteiger partial charge in [-0.2, -0.15) is 0 Å². The molecule has 0 saturated carbocycles. The summed E-state index contributed by atoms with van der Waals surface area (Å²) < 4.78 is 5.50. The molecule has 0 bridgehead atoms. The topological polar surface area (TPSA) is 42.4 Å². The van der Waals surface area contributed by atoms with E-state index in [9.17, 15) is 0 Å². The molecule has 0 aliphatic carbocycles. The van der Waals surface area contributed by atoms with Gasteiger partial charge in [-0.15, -0.1) is 0 Å². The van der Waals surface area contributed by atoms with E-state index in [2.05, 4.69) is 32.7 Å². The summed E-state index contributed by atoms with van der Waals surface area (Å²) in [6.45, 7) is 7.57. The van der Waals surface area contributed by atoms with E-state index in [1.54, 1.807) is 6.26 Å². The molecular weight excluding hydrogens is 200 g/mol. The normalized spacial score (nSPS) is 15.7. The SMILES string of the molecule is CCC(N)C(c1ccco1)N(C)CC(C)C. The molecule has 92 valence electrons. The van der Waals surface area contributed by atoms with Crippen molar-refractivity contribution in [1.82, 2.24) is 4.90 Å². The zero-order valence-electron chi connectivity index (χ0n) is 10.8. The van der Waals surface area contributed by atoms with Crippen molar-refractivity contribution >= 4 is 0 Å². The maximum atomic E-state index is 6.18. The Bertz CT molecular complexity index is 282. The predicted octanol–water partition coefficient (Wildman–Crippen LogP) is 2.65. The molecule has 0 aliphatic rings. The summed E-state index contributed by atoms with van der Waals surface area (Å²) in [7, 11) is 2.11. The maximum absolute atomic E-state index is 6.18. The van der Waals surface area contributed by atoms with E-state index in [1.165, 1.54) is 0 Å². The number of likely N-dealkylation sites (N-methyl/N-ethyl adjacent to an activating group) is 1. The van der Waals surface area contributed by atoms with Crippen molar-refractivity contribution in [2.24, 2.45) is 11.7 Å². The lowest BCUT2D eigenvalue weighted by Crippen LogP contribution is -2.40. The van der Waals surface area contributed by atoms with Gasteiger partial charge in [-0.1, -0.05) is 20.8 Å². The van der Waals surface area contributed by atoms with Gasteiger partial charge < -0.3 is 10.2 Å². The minimum atomic E-state index is 0.120. The monoisotopic (exact) mass is 224 g/mol. The van der Waals surface area contributed by atoms with Crippen molar-refractivity contribution in [1.29, 1.82) is 0 Å². The minimum Gasteiger partial charge on any atom is -0.468 e. The molecule has 16 heavy (non-hydrogen) atoms. The first-order chi connectivity index (χ1) is 7.56. The van der Waals surface area contributed by atoms with Crippen LogP contribution in [0.1, 0.15) is 39.0 Å². The fraction of sp³-hybridized carbons (Fsp3) is 0.692. The lowest BCUT2D eigenvalue weighted by atomic mass is 10.0. The number of furan rings is 1. The van der Waals surface area contributed by atoms with E-state index in [-0.39, 0.29) is 12.1 Å². The zero-order chi connectivity index (χ0) is 12.1. The zero-order valence-corrected chi connectivity index (χ0v) is 10.8. The van der Waals surface area contributed by atoms with Crippen molar-refractivity contribution in [3.63, 3.8) is 0 Å². The van der Waals surface area contributed by atoms with Crippen LogP contribution in [-0.2, 0) is 0 Å². The first-order valence-corrected chi connectivity index (χ1v) is 6.05. The van der Waals surface area contributed by atoms with Gasteiger partial charge >= 0.3 is 0 Å². The molecule has 1 heterocycles. The van der Waals surface area contributed by atoms with E-state index in [1.807, 2.05) is 12.1 Å². The molecule has 0 aliphatic heterocycles. The Kier molecular flexibility index (Phi) is 5.03. The van der Waals surface area contributed by atoms with Gasteiger partial charge in [-0.05, 0) is 31.5 Å². The first kappa shape index (κ1) is 13.3. The average Bonchev–Trinajstić information content (AvgIpc) is 2.69. The van der Waals surface area contributed by atoms with Crippen molar-refractivity contribution < 1.29 is 4.42 Å². The lowest BCUT2D eigenvalue weighted by Gasteiger charge is -2.31. The van der Waals surface area contributed by atoms with Gasteiger partial charge in [0, 0.05) is 12.6 Å². The molecule has 0 fully saturated rings. The first-order valence-electron chi connectivity index (χ1n) is 6.05. The Balaban J connectivity index is 2.79. The van der Waals surface area contributed by atoms with Crippen LogP contribution in [0.3, 0.4) is 0 Å². The van der Waals surface area contributed by atoms with Gasteiger partial charge in [0.2, 0.25) is 0 Å². The van der Waals surface area contributed by atoms with Crippen LogP contribution in [0.2, 0.25) is 0 Å². The van der Waals surface area contributed by atoms with E-state index in [4.69, 9.17) is 10.2 Å². The minimum absolute atomic E-state index is 0.120. The number of rotatable bonds is 6. The maximum Gasteiger partial charge on any atom is 0.122 e. The largest absolute Gasteiger partial charge is 0.468 e. The highest BCUT2D eigenvalue weighted by Crippen LogP contribution is 2.24. The van der Waals surface area contributed by atoms with Crippen molar-refractivity contribution in [3.05, 3.63) is 24.2 Å². The van der Waals surface area contributed by atoms with Crippen molar-refractivity contribution in [3.8, 4) is 0 Å². The molecular formula is C13H24N2O. The molecule has 3 nitrogen and oxygen atoms in total. The summed E-state index contributed by atoms with van der Waals surface area (Å²) in [5.74, 6) is 1.60. The Morgan fingerprint density at radius 2 is 2.12 bits per heavy atom. The van der Waals surface area contributed by atoms with Crippen LogP contribution < -0.4 is 5.73 Å². The summed E-state index contributed by atoms with van der Waals surface area (Å²) in [6.07, 6.45) is 2.67. The highest BCUT2D eigenvalue weighted by atomic mass is 16.3. The quantitative estimate of drug-likeness (QED) is 0.807. The molecule has 1 aromatic rings. The number of nitrogens with two attached hydrogens (primary N) is 1. The lowest BCUT2D eigenvalue weighted by molar-refractivity contribution is 0.166. The van der Waals surface area contributed by atoms with Crippen molar-refractivity contribution in [2.45, 2.75) is 39.3 Å². The Hall–Kier alpha value is -0.800. The molecule has 0 aromatic carbocycles. The molecule has 1 aromatic heterocycles. The van der Waals surface area contributed by atoms with E-state index >= 15 is 0 Å². The van der Waals surface area contributed by atoms with Gasteiger partial charge in [0.25, 0.3) is 0 Å². The second-order valence-corrected chi connectivity index (χ2v) is 4.87. The third-order valence-corrected chi connectivity index (χ3v) is 2.84. The fourth-order valence-corrected chi connectivity index (χ4v) is 2.13. The van der Waals surface area contributed by atoms with Gasteiger partial charge in [0.15, 0.2) is 0 Å². The third kappa shape index (κ3) is 3.35. The van der Waals surface area contributed by atoms with Crippen LogP contribution in [0.5, 0.6) is 0 Å². The Morgan fingerprint density at radius 3 is 2.56 bits per heavy atom. The Labute approximate surface area is 98.6 Å². The highest BCUT2D eigenvalue weighted by molar-refractivity contribution is 5.07. The van der Waals surface area contributed by atoms with Gasteiger partial charge in [-0.3, -0.25) is 4.90 Å². The summed E-state index contributed by atoms with van der Waals surface area (Å²) in [5.41, 5.74) is 6.18. The second-order valence-electron chi connectivity index (χ2n) is 4.87. The van der Waals surface area contributed by atoms with E-state index < -0.39 is 0 Å². The van der Waals surface area contributed by atoms with Gasteiger partial charge in [0.1, 0.15) is 5.76 Å². The van der Waals surface area contributed by atoms with Crippen LogP contribution in [-0.4, -0.2) is 24.5 Å². The molecule has 0 amide bonds. The van der Waals surface area contributed by atoms with E-state index in [0.29, 0.717) is 5.92 Å². The summed E-state index contributed by atoms with van der Waals surface area (Å²) in [6, 6.07) is 4.24. The summed E-state index contributed by atoms with van der Waals surface area (Å²) in [5, 5.41) is 0. The molecule has 2 N–H and O–H groups in total. The van der Waals surface area contributed by atoms with Gasteiger partial charge in [-0.25, -0.2) is 0 Å². The van der Waals surface area contributed by atoms with Crippen LogP contribution in [0.4, 0.5) is 0 Å². The summed E-state index contributed by atoms with van der Waals surface area (Å²) >= 11 is 0. The molecule has 0 spiro atoms. The third-order valence-electron chi connectivity index (χ3n) is 2.84. The molecule has 1 rings (SSSR count).